The van der Waals surface area contributed by atoms with Gasteiger partial charge in [0.25, 0.3) is 0 Å². The van der Waals surface area contributed by atoms with Crippen LogP contribution in [0.4, 0.5) is 13.2 Å². The van der Waals surface area contributed by atoms with Gasteiger partial charge in [-0.05, 0) is 24.0 Å². The maximum atomic E-state index is 13.2. The summed E-state index contributed by atoms with van der Waals surface area (Å²) in [4.78, 5) is 4.20. The van der Waals surface area contributed by atoms with Gasteiger partial charge >= 0.3 is 6.18 Å². The topological polar surface area (TPSA) is 36.7 Å². The molecule has 114 valence electrons. The fourth-order valence-electron chi connectivity index (χ4n) is 1.86. The van der Waals surface area contributed by atoms with E-state index in [1.807, 2.05) is 0 Å². The number of hydrogen-bond acceptors (Lipinski definition) is 3. The lowest BCUT2D eigenvalue weighted by Gasteiger charge is -2.14. The van der Waals surface area contributed by atoms with Crippen LogP contribution in [0.5, 0.6) is 0 Å². The molecule has 2 nitrogen and oxygen atoms in total. The van der Waals surface area contributed by atoms with Crippen LogP contribution in [0, 0.1) is 11.3 Å². The predicted octanol–water partition coefficient (Wildman–Crippen LogP) is 5.40. The van der Waals surface area contributed by atoms with Gasteiger partial charge in [-0.15, -0.1) is 11.8 Å². The summed E-state index contributed by atoms with van der Waals surface area (Å²) in [6, 6.07) is 8.87. The predicted molar refractivity (Wildman–Crippen MR) is 80.8 cm³/mol. The van der Waals surface area contributed by atoms with E-state index >= 15 is 0 Å². The normalized spacial score (nSPS) is 11.3. The quantitative estimate of drug-likeness (QED) is 0.700. The summed E-state index contributed by atoms with van der Waals surface area (Å²) in [6.07, 6.45) is -4.61. The molecule has 0 amide bonds. The van der Waals surface area contributed by atoms with Gasteiger partial charge < -0.3 is 0 Å². The van der Waals surface area contributed by atoms with Crippen molar-refractivity contribution in [3.8, 4) is 17.3 Å². The monoisotopic (exact) mass is 342 g/mol. The number of halogens is 4. The second-order valence-corrected chi connectivity index (χ2v) is 5.97. The largest absolute Gasteiger partial charge is 0.417 e. The molecule has 2 rings (SSSR count). The molecule has 0 saturated heterocycles. The Morgan fingerprint density at radius 1 is 1.27 bits per heavy atom. The highest BCUT2D eigenvalue weighted by atomic mass is 35.5. The molecule has 0 unspecified atom stereocenters. The van der Waals surface area contributed by atoms with E-state index in [0.717, 1.165) is 17.8 Å². The van der Waals surface area contributed by atoms with E-state index in [1.54, 1.807) is 37.3 Å². The molecular weight excluding hydrogens is 333 g/mol. The summed E-state index contributed by atoms with van der Waals surface area (Å²) < 4.78 is 39.6. The lowest BCUT2D eigenvalue weighted by atomic mass is 10.1. The summed E-state index contributed by atoms with van der Waals surface area (Å²) in [5.41, 5.74) is -0.723. The fourth-order valence-corrected chi connectivity index (χ4v) is 2.73. The molecule has 0 atom stereocenters. The minimum absolute atomic E-state index is 0.0878. The Labute approximate surface area is 134 Å². The van der Waals surface area contributed by atoms with Crippen molar-refractivity contribution in [1.82, 2.24) is 4.98 Å². The van der Waals surface area contributed by atoms with Crippen molar-refractivity contribution in [2.75, 3.05) is 5.75 Å². The molecule has 1 heterocycles. The van der Waals surface area contributed by atoms with Crippen molar-refractivity contribution in [2.45, 2.75) is 18.1 Å². The highest BCUT2D eigenvalue weighted by Crippen LogP contribution is 2.37. The van der Waals surface area contributed by atoms with Crippen LogP contribution in [-0.2, 0) is 6.18 Å². The Bertz CT molecular complexity index is 721. The van der Waals surface area contributed by atoms with Gasteiger partial charge in [0.2, 0.25) is 0 Å². The molecule has 0 aliphatic rings. The zero-order valence-corrected chi connectivity index (χ0v) is 13.0. The molecule has 2 aromatic rings. The van der Waals surface area contributed by atoms with Gasteiger partial charge in [-0.2, -0.15) is 18.4 Å². The van der Waals surface area contributed by atoms with E-state index < -0.39 is 17.3 Å². The molecule has 1 aromatic carbocycles. The second kappa shape index (κ2) is 6.59. The molecule has 0 aliphatic heterocycles. The molecule has 0 radical (unpaired) electrons. The van der Waals surface area contributed by atoms with Gasteiger partial charge in [0, 0.05) is 10.6 Å². The van der Waals surface area contributed by atoms with Crippen molar-refractivity contribution < 1.29 is 13.2 Å². The third-order valence-corrected chi connectivity index (χ3v) is 3.93. The Kier molecular flexibility index (Phi) is 4.99. The minimum Gasteiger partial charge on any atom is -0.240 e. The molecule has 0 spiro atoms. The lowest BCUT2D eigenvalue weighted by molar-refractivity contribution is -0.138. The number of pyridine rings is 1. The molecule has 22 heavy (non-hydrogen) atoms. The maximum absolute atomic E-state index is 13.2. The molecule has 1 aromatic heterocycles. The van der Waals surface area contributed by atoms with Crippen molar-refractivity contribution in [3.05, 3.63) is 46.5 Å². The van der Waals surface area contributed by atoms with E-state index in [1.165, 1.54) is 0 Å². The Morgan fingerprint density at radius 2 is 1.91 bits per heavy atom. The Morgan fingerprint density at radius 3 is 2.41 bits per heavy atom. The summed E-state index contributed by atoms with van der Waals surface area (Å²) in [6.45, 7) is 1.79. The van der Waals surface area contributed by atoms with Crippen LogP contribution in [0.1, 0.15) is 18.1 Å². The summed E-state index contributed by atoms with van der Waals surface area (Å²) in [5, 5.41) is 9.64. The van der Waals surface area contributed by atoms with Gasteiger partial charge in [-0.3, -0.25) is 0 Å². The van der Waals surface area contributed by atoms with Gasteiger partial charge in [0.05, 0.1) is 16.8 Å². The number of aromatic nitrogens is 1. The maximum Gasteiger partial charge on any atom is 0.417 e. The van der Waals surface area contributed by atoms with Crippen LogP contribution in [0.15, 0.2) is 35.4 Å². The summed E-state index contributed by atoms with van der Waals surface area (Å²) in [5.74, 6) is 0.517. The Balaban J connectivity index is 2.68. The first kappa shape index (κ1) is 16.7. The lowest BCUT2D eigenvalue weighted by Crippen LogP contribution is -2.10. The summed E-state index contributed by atoms with van der Waals surface area (Å²) >= 11 is 6.89. The molecule has 0 saturated carbocycles. The number of thioether (sulfide) groups is 1. The fraction of sp³-hybridized carbons (Fsp3) is 0.200. The van der Waals surface area contributed by atoms with Crippen molar-refractivity contribution >= 4 is 23.4 Å². The van der Waals surface area contributed by atoms with E-state index in [-0.39, 0.29) is 10.7 Å². The van der Waals surface area contributed by atoms with Crippen molar-refractivity contribution in [1.29, 1.82) is 5.26 Å². The van der Waals surface area contributed by atoms with Crippen LogP contribution in [0.3, 0.4) is 0 Å². The number of benzene rings is 1. The van der Waals surface area contributed by atoms with Crippen LogP contribution >= 0.6 is 23.4 Å². The first-order chi connectivity index (χ1) is 10.4. The smallest absolute Gasteiger partial charge is 0.240 e. The third kappa shape index (κ3) is 3.54. The molecule has 0 aliphatic carbocycles. The van der Waals surface area contributed by atoms with Gasteiger partial charge in [0.1, 0.15) is 11.1 Å². The number of hydrogen-bond donors (Lipinski definition) is 0. The number of rotatable bonds is 3. The van der Waals surface area contributed by atoms with E-state index in [9.17, 15) is 13.2 Å². The van der Waals surface area contributed by atoms with Crippen LogP contribution in [0.2, 0.25) is 5.02 Å². The molecule has 0 N–H and O–H groups in total. The molecule has 0 fully saturated rings. The second-order valence-electron chi connectivity index (χ2n) is 4.28. The zero-order chi connectivity index (χ0) is 16.3. The molecular formula is C15H10ClF3N2S. The molecule has 0 bridgehead atoms. The number of nitriles is 1. The highest BCUT2D eigenvalue weighted by Gasteiger charge is 2.36. The standard InChI is InChI=1S/C15H10ClF3N2S/c1-2-22-14-11(8-20)12(15(17,18)19)7-13(21-14)9-3-5-10(16)6-4-9/h3-7H,2H2,1H3. The summed E-state index contributed by atoms with van der Waals surface area (Å²) in [7, 11) is 0. The van der Waals surface area contributed by atoms with Gasteiger partial charge in [0.15, 0.2) is 0 Å². The average Bonchev–Trinajstić information content (AvgIpc) is 2.46. The number of alkyl halides is 3. The van der Waals surface area contributed by atoms with Gasteiger partial charge in [-0.1, -0.05) is 30.7 Å². The first-order valence-electron chi connectivity index (χ1n) is 6.28. The van der Waals surface area contributed by atoms with E-state index in [2.05, 4.69) is 4.98 Å². The zero-order valence-electron chi connectivity index (χ0n) is 11.4. The number of nitrogens with zero attached hydrogens (tertiary/aromatic N) is 2. The SMILES string of the molecule is CCSc1nc(-c2ccc(Cl)cc2)cc(C(F)(F)F)c1C#N. The van der Waals surface area contributed by atoms with Gasteiger partial charge in [-0.25, -0.2) is 4.98 Å². The third-order valence-electron chi connectivity index (χ3n) is 2.82. The van der Waals surface area contributed by atoms with Crippen LogP contribution in [-0.4, -0.2) is 10.7 Å². The average molecular weight is 343 g/mol. The Hall–Kier alpha value is -1.71. The molecule has 7 heteroatoms. The van der Waals surface area contributed by atoms with Crippen molar-refractivity contribution in [2.24, 2.45) is 0 Å². The van der Waals surface area contributed by atoms with E-state index in [4.69, 9.17) is 16.9 Å². The van der Waals surface area contributed by atoms with Crippen LogP contribution in [0.25, 0.3) is 11.3 Å². The highest BCUT2D eigenvalue weighted by molar-refractivity contribution is 7.99. The van der Waals surface area contributed by atoms with E-state index in [0.29, 0.717) is 16.3 Å². The van der Waals surface area contributed by atoms with Crippen molar-refractivity contribution in [3.63, 3.8) is 0 Å². The minimum atomic E-state index is -4.61. The first-order valence-corrected chi connectivity index (χ1v) is 7.64. The van der Waals surface area contributed by atoms with Crippen LogP contribution < -0.4 is 0 Å².